The van der Waals surface area contributed by atoms with Crippen LogP contribution in [0.5, 0.6) is 0 Å². The summed E-state index contributed by atoms with van der Waals surface area (Å²) in [6.07, 6.45) is 1.59. The van der Waals surface area contributed by atoms with Crippen molar-refractivity contribution in [1.82, 2.24) is 15.1 Å². The monoisotopic (exact) mass is 289 g/mol. The van der Waals surface area contributed by atoms with Gasteiger partial charge in [0.25, 0.3) is 0 Å². The van der Waals surface area contributed by atoms with Gasteiger partial charge in [-0.15, -0.1) is 0 Å². The molecule has 1 heterocycles. The summed E-state index contributed by atoms with van der Waals surface area (Å²) in [4.78, 5) is 16.2. The van der Waals surface area contributed by atoms with Crippen LogP contribution in [0.1, 0.15) is 24.0 Å². The lowest BCUT2D eigenvalue weighted by atomic mass is 10.1. The van der Waals surface area contributed by atoms with Crippen molar-refractivity contribution < 1.29 is 4.79 Å². The Morgan fingerprint density at radius 3 is 2.57 bits per heavy atom. The summed E-state index contributed by atoms with van der Waals surface area (Å²) in [6.45, 7) is 8.69. The molecule has 1 aromatic carbocycles. The quantitative estimate of drug-likeness (QED) is 0.865. The molecule has 1 fully saturated rings. The Hall–Kier alpha value is -1.39. The van der Waals surface area contributed by atoms with Crippen molar-refractivity contribution >= 4 is 5.91 Å². The fourth-order valence-electron chi connectivity index (χ4n) is 2.83. The molecule has 0 saturated carbocycles. The summed E-state index contributed by atoms with van der Waals surface area (Å²) in [5.41, 5.74) is 2.74. The van der Waals surface area contributed by atoms with Gasteiger partial charge in [-0.2, -0.15) is 0 Å². The molecule has 1 amide bonds. The summed E-state index contributed by atoms with van der Waals surface area (Å²) >= 11 is 0. The number of aryl methyl sites for hydroxylation is 1. The van der Waals surface area contributed by atoms with Crippen LogP contribution in [0.3, 0.4) is 0 Å². The lowest BCUT2D eigenvalue weighted by Gasteiger charge is -2.34. The third kappa shape index (κ3) is 5.48. The average Bonchev–Trinajstić information content (AvgIpc) is 2.49. The van der Waals surface area contributed by atoms with Gasteiger partial charge >= 0.3 is 0 Å². The fraction of sp³-hybridized carbons (Fsp3) is 0.588. The minimum absolute atomic E-state index is 0.146. The largest absolute Gasteiger partial charge is 0.359 e. The summed E-state index contributed by atoms with van der Waals surface area (Å²) in [5, 5.41) is 2.68. The standard InChI is InChI=1S/C17H27N3O/c1-15-5-3-6-16(13-15)14-20-11-9-19(10-12-20)8-4-7-17(21)18-2/h3,5-6,13H,4,7-12,14H2,1-2H3,(H,18,21). The molecular weight excluding hydrogens is 262 g/mol. The molecule has 4 heteroatoms. The molecule has 4 nitrogen and oxygen atoms in total. The zero-order chi connectivity index (χ0) is 15.1. The molecule has 116 valence electrons. The minimum Gasteiger partial charge on any atom is -0.359 e. The lowest BCUT2D eigenvalue weighted by Crippen LogP contribution is -2.46. The van der Waals surface area contributed by atoms with Crippen LogP contribution in [-0.4, -0.2) is 55.5 Å². The van der Waals surface area contributed by atoms with E-state index in [0.717, 1.165) is 45.7 Å². The average molecular weight is 289 g/mol. The third-order valence-electron chi connectivity index (χ3n) is 4.11. The van der Waals surface area contributed by atoms with E-state index in [2.05, 4.69) is 46.3 Å². The van der Waals surface area contributed by atoms with Crippen LogP contribution in [0, 0.1) is 6.92 Å². The van der Waals surface area contributed by atoms with E-state index < -0.39 is 0 Å². The number of nitrogens with one attached hydrogen (secondary N) is 1. The zero-order valence-corrected chi connectivity index (χ0v) is 13.3. The van der Waals surface area contributed by atoms with E-state index in [1.807, 2.05) is 0 Å². The van der Waals surface area contributed by atoms with E-state index in [0.29, 0.717) is 6.42 Å². The molecule has 0 spiro atoms. The van der Waals surface area contributed by atoms with E-state index in [4.69, 9.17) is 0 Å². The Labute approximate surface area is 128 Å². The van der Waals surface area contributed by atoms with Gasteiger partial charge in [-0.05, 0) is 25.5 Å². The smallest absolute Gasteiger partial charge is 0.219 e. The van der Waals surface area contributed by atoms with E-state index in [9.17, 15) is 4.79 Å². The van der Waals surface area contributed by atoms with Gasteiger partial charge in [-0.1, -0.05) is 29.8 Å². The Balaban J connectivity index is 1.67. The van der Waals surface area contributed by atoms with Crippen molar-refractivity contribution in [3.8, 4) is 0 Å². The van der Waals surface area contributed by atoms with Gasteiger partial charge in [0, 0.05) is 46.2 Å². The predicted octanol–water partition coefficient (Wildman–Crippen LogP) is 1.64. The second-order valence-electron chi connectivity index (χ2n) is 5.88. The molecule has 0 aromatic heterocycles. The number of carbonyl (C=O) groups is 1. The van der Waals surface area contributed by atoms with Crippen LogP contribution in [0.25, 0.3) is 0 Å². The molecule has 0 unspecified atom stereocenters. The molecule has 21 heavy (non-hydrogen) atoms. The number of amides is 1. The molecule has 0 aliphatic carbocycles. The molecule has 1 aliphatic heterocycles. The summed E-state index contributed by atoms with van der Waals surface area (Å²) < 4.78 is 0. The molecule has 2 rings (SSSR count). The van der Waals surface area contributed by atoms with Crippen LogP contribution >= 0.6 is 0 Å². The molecule has 1 N–H and O–H groups in total. The van der Waals surface area contributed by atoms with Crippen molar-refractivity contribution in [2.75, 3.05) is 39.8 Å². The molecule has 1 aromatic rings. The first-order valence-corrected chi connectivity index (χ1v) is 7.88. The fourth-order valence-corrected chi connectivity index (χ4v) is 2.83. The van der Waals surface area contributed by atoms with E-state index >= 15 is 0 Å². The van der Waals surface area contributed by atoms with Crippen LogP contribution in [0.4, 0.5) is 0 Å². The van der Waals surface area contributed by atoms with Gasteiger partial charge in [0.05, 0.1) is 0 Å². The van der Waals surface area contributed by atoms with Crippen LogP contribution < -0.4 is 5.32 Å². The number of nitrogens with zero attached hydrogens (tertiary/aromatic N) is 2. The highest BCUT2D eigenvalue weighted by molar-refractivity contribution is 5.75. The lowest BCUT2D eigenvalue weighted by molar-refractivity contribution is -0.120. The van der Waals surface area contributed by atoms with Gasteiger partial charge in [0.15, 0.2) is 0 Å². The highest BCUT2D eigenvalue weighted by atomic mass is 16.1. The highest BCUT2D eigenvalue weighted by Crippen LogP contribution is 2.10. The second kappa shape index (κ2) is 8.15. The Kier molecular flexibility index (Phi) is 6.21. The maximum absolute atomic E-state index is 11.2. The minimum atomic E-state index is 0.146. The molecule has 0 atom stereocenters. The first-order chi connectivity index (χ1) is 10.2. The van der Waals surface area contributed by atoms with Crippen molar-refractivity contribution in [3.05, 3.63) is 35.4 Å². The van der Waals surface area contributed by atoms with Gasteiger partial charge in [0.1, 0.15) is 0 Å². The first-order valence-electron chi connectivity index (χ1n) is 7.88. The van der Waals surface area contributed by atoms with E-state index in [-0.39, 0.29) is 5.91 Å². The summed E-state index contributed by atoms with van der Waals surface area (Å²) in [7, 11) is 1.70. The SMILES string of the molecule is CNC(=O)CCCN1CCN(Cc2cccc(C)c2)CC1. The van der Waals surface area contributed by atoms with Crippen LogP contribution in [0.2, 0.25) is 0 Å². The molecular formula is C17H27N3O. The predicted molar refractivity (Wildman–Crippen MR) is 86.2 cm³/mol. The molecule has 1 aliphatic rings. The highest BCUT2D eigenvalue weighted by Gasteiger charge is 2.16. The number of piperazine rings is 1. The van der Waals surface area contributed by atoms with Gasteiger partial charge in [-0.25, -0.2) is 0 Å². The first kappa shape index (κ1) is 16.0. The Bertz CT molecular complexity index is 453. The summed E-state index contributed by atoms with van der Waals surface area (Å²) in [5.74, 6) is 0.146. The van der Waals surface area contributed by atoms with E-state index in [1.165, 1.54) is 11.1 Å². The number of benzene rings is 1. The second-order valence-corrected chi connectivity index (χ2v) is 5.88. The van der Waals surface area contributed by atoms with E-state index in [1.54, 1.807) is 7.05 Å². The Morgan fingerprint density at radius 1 is 1.19 bits per heavy atom. The van der Waals surface area contributed by atoms with Gasteiger partial charge < -0.3 is 10.2 Å². The number of rotatable bonds is 6. The third-order valence-corrected chi connectivity index (χ3v) is 4.11. The van der Waals surface area contributed by atoms with Gasteiger partial charge in [-0.3, -0.25) is 9.69 Å². The van der Waals surface area contributed by atoms with Crippen molar-refractivity contribution in [2.45, 2.75) is 26.3 Å². The number of carbonyl (C=O) groups excluding carboxylic acids is 1. The number of hydrogen-bond donors (Lipinski definition) is 1. The normalized spacial score (nSPS) is 16.9. The molecule has 0 radical (unpaired) electrons. The number of hydrogen-bond acceptors (Lipinski definition) is 3. The maximum atomic E-state index is 11.2. The zero-order valence-electron chi connectivity index (χ0n) is 13.3. The Morgan fingerprint density at radius 2 is 1.90 bits per heavy atom. The van der Waals surface area contributed by atoms with Crippen LogP contribution in [0.15, 0.2) is 24.3 Å². The maximum Gasteiger partial charge on any atom is 0.219 e. The van der Waals surface area contributed by atoms with Crippen molar-refractivity contribution in [1.29, 1.82) is 0 Å². The van der Waals surface area contributed by atoms with Crippen LogP contribution in [-0.2, 0) is 11.3 Å². The topological polar surface area (TPSA) is 35.6 Å². The van der Waals surface area contributed by atoms with Gasteiger partial charge in [0.2, 0.25) is 5.91 Å². The van der Waals surface area contributed by atoms with Crippen molar-refractivity contribution in [3.63, 3.8) is 0 Å². The summed E-state index contributed by atoms with van der Waals surface area (Å²) in [6, 6.07) is 8.77. The molecule has 1 saturated heterocycles. The molecule has 0 bridgehead atoms. The van der Waals surface area contributed by atoms with Crippen molar-refractivity contribution in [2.24, 2.45) is 0 Å².